The SMILES string of the molecule is C=C(Cl)NC(C)=NC. The molecule has 0 radical (unpaired) electrons. The van der Waals surface area contributed by atoms with Crippen molar-refractivity contribution in [2.75, 3.05) is 7.05 Å². The van der Waals surface area contributed by atoms with E-state index in [2.05, 4.69) is 16.9 Å². The Kier molecular flexibility index (Phi) is 3.28. The van der Waals surface area contributed by atoms with Crippen LogP contribution in [0.5, 0.6) is 0 Å². The minimum atomic E-state index is 0.396. The molecule has 1 N–H and O–H groups in total. The molecule has 3 heteroatoms. The first-order valence-electron chi connectivity index (χ1n) is 2.21. The molecular weight excluding hydrogens is 124 g/mol. The van der Waals surface area contributed by atoms with E-state index >= 15 is 0 Å². The molecular formula is C5H9ClN2. The first kappa shape index (κ1) is 7.50. The average molecular weight is 133 g/mol. The summed E-state index contributed by atoms with van der Waals surface area (Å²) in [4.78, 5) is 3.79. The van der Waals surface area contributed by atoms with Gasteiger partial charge in [-0.05, 0) is 6.92 Å². The Bertz CT molecular complexity index is 118. The summed E-state index contributed by atoms with van der Waals surface area (Å²) in [6, 6.07) is 0. The molecule has 0 unspecified atom stereocenters. The zero-order chi connectivity index (χ0) is 6.57. The maximum atomic E-state index is 5.36. The molecule has 0 bridgehead atoms. The fourth-order valence-corrected chi connectivity index (χ4v) is 0.389. The minimum Gasteiger partial charge on any atom is -0.335 e. The highest BCUT2D eigenvalue weighted by molar-refractivity contribution is 6.30. The number of hydrogen-bond donors (Lipinski definition) is 1. The summed E-state index contributed by atoms with van der Waals surface area (Å²) in [7, 11) is 1.68. The molecule has 8 heavy (non-hydrogen) atoms. The van der Waals surface area contributed by atoms with Gasteiger partial charge in [-0.3, -0.25) is 4.99 Å². The zero-order valence-corrected chi connectivity index (χ0v) is 5.79. The standard InChI is InChI=1S/C5H9ClN2/c1-4(6)8-5(2)7-3/h1H2,2-3H3,(H,7,8). The van der Waals surface area contributed by atoms with Crippen LogP contribution >= 0.6 is 11.6 Å². The van der Waals surface area contributed by atoms with Gasteiger partial charge >= 0.3 is 0 Å². The van der Waals surface area contributed by atoms with E-state index in [1.54, 1.807) is 7.05 Å². The molecule has 0 aromatic rings. The van der Waals surface area contributed by atoms with Gasteiger partial charge in [0.2, 0.25) is 0 Å². The lowest BCUT2D eigenvalue weighted by atomic mass is 10.7. The van der Waals surface area contributed by atoms with Crippen LogP contribution in [-0.2, 0) is 0 Å². The maximum Gasteiger partial charge on any atom is 0.0997 e. The Labute approximate surface area is 54.3 Å². The van der Waals surface area contributed by atoms with Crippen LogP contribution in [0.25, 0.3) is 0 Å². The van der Waals surface area contributed by atoms with E-state index in [-0.39, 0.29) is 0 Å². The van der Waals surface area contributed by atoms with E-state index in [1.165, 1.54) is 0 Å². The zero-order valence-electron chi connectivity index (χ0n) is 5.03. The third-order valence-electron chi connectivity index (χ3n) is 0.652. The molecule has 46 valence electrons. The lowest BCUT2D eigenvalue weighted by Gasteiger charge is -1.98. The molecule has 0 aromatic carbocycles. The van der Waals surface area contributed by atoms with Crippen LogP contribution in [0.4, 0.5) is 0 Å². The highest BCUT2D eigenvalue weighted by Gasteiger charge is 1.85. The third kappa shape index (κ3) is 3.68. The summed E-state index contributed by atoms with van der Waals surface area (Å²) >= 11 is 5.36. The van der Waals surface area contributed by atoms with Gasteiger partial charge in [0.25, 0.3) is 0 Å². The number of amidine groups is 1. The summed E-state index contributed by atoms with van der Waals surface area (Å²) < 4.78 is 0. The Morgan fingerprint density at radius 3 is 2.38 bits per heavy atom. The summed E-state index contributed by atoms with van der Waals surface area (Å²) in [5.74, 6) is 0.769. The van der Waals surface area contributed by atoms with E-state index in [9.17, 15) is 0 Å². The van der Waals surface area contributed by atoms with Crippen LogP contribution < -0.4 is 5.32 Å². The lowest BCUT2D eigenvalue weighted by molar-refractivity contribution is 1.19. The minimum absolute atomic E-state index is 0.396. The van der Waals surface area contributed by atoms with Crippen molar-refractivity contribution < 1.29 is 0 Å². The Morgan fingerprint density at radius 2 is 2.25 bits per heavy atom. The van der Waals surface area contributed by atoms with Crippen molar-refractivity contribution >= 4 is 17.4 Å². The number of aliphatic imine (C=N–C) groups is 1. The molecule has 0 aliphatic heterocycles. The second-order valence-electron chi connectivity index (χ2n) is 1.34. The van der Waals surface area contributed by atoms with E-state index in [0.29, 0.717) is 5.16 Å². The Hall–Kier alpha value is -0.500. The van der Waals surface area contributed by atoms with Gasteiger partial charge in [-0.15, -0.1) is 0 Å². The molecule has 0 aromatic heterocycles. The van der Waals surface area contributed by atoms with E-state index < -0.39 is 0 Å². The Balaban J connectivity index is 3.56. The number of nitrogens with one attached hydrogen (secondary N) is 1. The molecule has 0 saturated carbocycles. The summed E-state index contributed by atoms with van der Waals surface area (Å²) in [6.45, 7) is 5.23. The van der Waals surface area contributed by atoms with Crippen LogP contribution in [0.15, 0.2) is 16.7 Å². The summed E-state index contributed by atoms with van der Waals surface area (Å²) in [5.41, 5.74) is 0. The van der Waals surface area contributed by atoms with Gasteiger partial charge in [-0.25, -0.2) is 0 Å². The molecule has 0 aliphatic rings. The average Bonchev–Trinajstić information content (AvgIpc) is 1.65. The van der Waals surface area contributed by atoms with Crippen molar-refractivity contribution in [3.8, 4) is 0 Å². The molecule has 0 rings (SSSR count). The first-order valence-corrected chi connectivity index (χ1v) is 2.59. The molecule has 0 atom stereocenters. The molecule has 0 fully saturated rings. The molecule has 0 spiro atoms. The highest BCUT2D eigenvalue weighted by atomic mass is 35.5. The van der Waals surface area contributed by atoms with Gasteiger partial charge in [0.15, 0.2) is 0 Å². The summed E-state index contributed by atoms with van der Waals surface area (Å²) in [5, 5.41) is 3.11. The number of hydrogen-bond acceptors (Lipinski definition) is 1. The largest absolute Gasteiger partial charge is 0.335 e. The first-order chi connectivity index (χ1) is 3.66. The summed E-state index contributed by atoms with van der Waals surface area (Å²) in [6.07, 6.45) is 0. The van der Waals surface area contributed by atoms with Crippen molar-refractivity contribution in [2.24, 2.45) is 4.99 Å². The molecule has 0 amide bonds. The van der Waals surface area contributed by atoms with Crippen LogP contribution in [0.2, 0.25) is 0 Å². The number of rotatable bonds is 1. The molecule has 0 heterocycles. The van der Waals surface area contributed by atoms with Crippen molar-refractivity contribution in [1.82, 2.24) is 5.32 Å². The lowest BCUT2D eigenvalue weighted by Crippen LogP contribution is -2.15. The van der Waals surface area contributed by atoms with Crippen molar-refractivity contribution in [1.29, 1.82) is 0 Å². The van der Waals surface area contributed by atoms with Gasteiger partial charge in [0.05, 0.1) is 11.0 Å². The number of nitrogens with zero attached hydrogens (tertiary/aromatic N) is 1. The highest BCUT2D eigenvalue weighted by Crippen LogP contribution is 1.88. The fraction of sp³-hybridized carbons (Fsp3) is 0.400. The van der Waals surface area contributed by atoms with Crippen molar-refractivity contribution in [2.45, 2.75) is 6.92 Å². The van der Waals surface area contributed by atoms with Crippen molar-refractivity contribution in [3.63, 3.8) is 0 Å². The van der Waals surface area contributed by atoms with Crippen LogP contribution in [-0.4, -0.2) is 12.9 Å². The number of halogens is 1. The smallest absolute Gasteiger partial charge is 0.0997 e. The topological polar surface area (TPSA) is 24.4 Å². The second kappa shape index (κ2) is 3.50. The molecule has 0 aliphatic carbocycles. The Morgan fingerprint density at radius 1 is 1.75 bits per heavy atom. The predicted molar refractivity (Wildman–Crippen MR) is 37.2 cm³/mol. The predicted octanol–water partition coefficient (Wildman–Crippen LogP) is 1.33. The van der Waals surface area contributed by atoms with Crippen molar-refractivity contribution in [3.05, 3.63) is 11.7 Å². The molecule has 2 nitrogen and oxygen atoms in total. The van der Waals surface area contributed by atoms with Crippen LogP contribution in [0.3, 0.4) is 0 Å². The van der Waals surface area contributed by atoms with Gasteiger partial charge in [0, 0.05) is 7.05 Å². The normalized spacial score (nSPS) is 11.1. The second-order valence-corrected chi connectivity index (χ2v) is 1.80. The van der Waals surface area contributed by atoms with E-state index in [4.69, 9.17) is 11.6 Å². The van der Waals surface area contributed by atoms with Gasteiger partial charge in [0.1, 0.15) is 0 Å². The van der Waals surface area contributed by atoms with Crippen LogP contribution in [0.1, 0.15) is 6.92 Å². The quantitative estimate of drug-likeness (QED) is 0.325. The monoisotopic (exact) mass is 132 g/mol. The van der Waals surface area contributed by atoms with E-state index in [1.807, 2.05) is 6.92 Å². The van der Waals surface area contributed by atoms with Gasteiger partial charge in [-0.2, -0.15) is 0 Å². The van der Waals surface area contributed by atoms with Gasteiger partial charge in [-0.1, -0.05) is 18.2 Å². The van der Waals surface area contributed by atoms with Crippen LogP contribution in [0, 0.1) is 0 Å². The van der Waals surface area contributed by atoms with E-state index in [0.717, 1.165) is 5.84 Å². The van der Waals surface area contributed by atoms with Gasteiger partial charge < -0.3 is 5.32 Å². The fourth-order valence-electron chi connectivity index (χ4n) is 0.252. The maximum absolute atomic E-state index is 5.36. The third-order valence-corrected chi connectivity index (χ3v) is 0.746. The molecule has 0 saturated heterocycles.